The molecule has 0 radical (unpaired) electrons. The van der Waals surface area contributed by atoms with Crippen LogP contribution in [0.2, 0.25) is 0 Å². The summed E-state index contributed by atoms with van der Waals surface area (Å²) in [6, 6.07) is 10.4. The molecule has 2 rings (SSSR count). The molecule has 0 aliphatic rings. The predicted molar refractivity (Wildman–Crippen MR) is 72.2 cm³/mol. The number of aryl methyl sites for hydroxylation is 1. The number of alkyl halides is 1. The number of hydrogen-bond donors (Lipinski definition) is 0. The molecule has 5 heteroatoms. The van der Waals surface area contributed by atoms with E-state index in [0.29, 0.717) is 22.3 Å². The van der Waals surface area contributed by atoms with E-state index in [9.17, 15) is 9.59 Å². The molecule has 88 valence electrons. The van der Waals surface area contributed by atoms with Crippen molar-refractivity contribution in [2.24, 2.45) is 0 Å². The molecule has 0 aliphatic carbocycles. The van der Waals surface area contributed by atoms with E-state index in [2.05, 4.69) is 15.9 Å². The third-order valence-electron chi connectivity index (χ3n) is 2.26. The number of carbonyl (C=O) groups excluding carboxylic acids is 1. The number of rotatable bonds is 4. The van der Waals surface area contributed by atoms with Crippen LogP contribution in [0.15, 0.2) is 41.2 Å². The van der Waals surface area contributed by atoms with Gasteiger partial charge in [-0.2, -0.15) is 0 Å². The molecule has 0 bridgehead atoms. The van der Waals surface area contributed by atoms with Crippen LogP contribution < -0.4 is 5.56 Å². The van der Waals surface area contributed by atoms with Gasteiger partial charge in [0.1, 0.15) is 0 Å². The minimum absolute atomic E-state index is 0.0963. The molecule has 1 aromatic heterocycles. The average Bonchev–Trinajstić information content (AvgIpc) is 2.72. The summed E-state index contributed by atoms with van der Waals surface area (Å²) in [5.41, 5.74) is 0.494. The Kier molecular flexibility index (Phi) is 3.91. The number of halogens is 1. The van der Waals surface area contributed by atoms with E-state index >= 15 is 0 Å². The van der Waals surface area contributed by atoms with Crippen molar-refractivity contribution in [2.75, 3.05) is 5.33 Å². The first-order valence-electron chi connectivity index (χ1n) is 5.09. The van der Waals surface area contributed by atoms with Gasteiger partial charge < -0.3 is 0 Å². The molecular formula is C12H10BrNO2S. The molecule has 1 aromatic carbocycles. The van der Waals surface area contributed by atoms with E-state index in [1.54, 1.807) is 16.1 Å². The molecule has 0 spiro atoms. The average molecular weight is 312 g/mol. The monoisotopic (exact) mass is 311 g/mol. The first kappa shape index (κ1) is 12.3. The summed E-state index contributed by atoms with van der Waals surface area (Å²) < 4.78 is 1.57. The molecule has 2 aromatic rings. The van der Waals surface area contributed by atoms with Crippen molar-refractivity contribution in [3.8, 4) is 0 Å². The van der Waals surface area contributed by atoms with Crippen LogP contribution in [-0.4, -0.2) is 15.1 Å². The highest BCUT2D eigenvalue weighted by molar-refractivity contribution is 9.09. The standard InChI is InChI=1S/C12H10BrNO2S/c13-6-7-14-11(15)8-10(17-14)12(16)9-4-2-1-3-5-9/h1-5,8H,6-7H2. The SMILES string of the molecule is O=C(c1ccccc1)c1cc(=O)n(CCBr)s1. The van der Waals surface area contributed by atoms with Gasteiger partial charge in [0.25, 0.3) is 5.56 Å². The summed E-state index contributed by atoms with van der Waals surface area (Å²) >= 11 is 4.49. The van der Waals surface area contributed by atoms with Crippen molar-refractivity contribution in [1.82, 2.24) is 3.96 Å². The van der Waals surface area contributed by atoms with Crippen LogP contribution in [0.4, 0.5) is 0 Å². The molecule has 0 unspecified atom stereocenters. The van der Waals surface area contributed by atoms with Crippen LogP contribution in [0.25, 0.3) is 0 Å². The normalized spacial score (nSPS) is 10.4. The molecule has 0 saturated carbocycles. The van der Waals surface area contributed by atoms with Gasteiger partial charge in [-0.05, 0) is 0 Å². The third kappa shape index (κ3) is 2.73. The zero-order valence-corrected chi connectivity index (χ0v) is 11.3. The Balaban J connectivity index is 2.32. The van der Waals surface area contributed by atoms with Crippen LogP contribution in [-0.2, 0) is 6.54 Å². The largest absolute Gasteiger partial charge is 0.288 e. The topological polar surface area (TPSA) is 39.1 Å². The molecule has 0 N–H and O–H groups in total. The van der Waals surface area contributed by atoms with Gasteiger partial charge >= 0.3 is 0 Å². The van der Waals surface area contributed by atoms with Crippen LogP contribution in [0.3, 0.4) is 0 Å². The lowest BCUT2D eigenvalue weighted by molar-refractivity contribution is 0.104. The lowest BCUT2D eigenvalue weighted by atomic mass is 10.1. The fourth-order valence-corrected chi connectivity index (χ4v) is 2.95. The Morgan fingerprint density at radius 2 is 2.00 bits per heavy atom. The zero-order valence-electron chi connectivity index (χ0n) is 8.93. The second kappa shape index (κ2) is 5.42. The van der Waals surface area contributed by atoms with Gasteiger partial charge in [0.05, 0.1) is 4.88 Å². The minimum atomic E-state index is -0.117. The van der Waals surface area contributed by atoms with Crippen LogP contribution in [0.5, 0.6) is 0 Å². The van der Waals surface area contributed by atoms with Crippen molar-refractivity contribution in [2.45, 2.75) is 6.54 Å². The maximum atomic E-state index is 12.1. The lowest BCUT2D eigenvalue weighted by Crippen LogP contribution is -2.12. The quantitative estimate of drug-likeness (QED) is 0.643. The van der Waals surface area contributed by atoms with E-state index in [-0.39, 0.29) is 11.3 Å². The highest BCUT2D eigenvalue weighted by atomic mass is 79.9. The van der Waals surface area contributed by atoms with Crippen molar-refractivity contribution in [3.05, 3.63) is 57.2 Å². The van der Waals surface area contributed by atoms with Gasteiger partial charge in [-0.1, -0.05) is 57.8 Å². The first-order valence-corrected chi connectivity index (χ1v) is 6.98. The Bertz CT molecular complexity index is 574. The highest BCUT2D eigenvalue weighted by Gasteiger charge is 2.13. The fraction of sp³-hybridized carbons (Fsp3) is 0.167. The first-order chi connectivity index (χ1) is 8.22. The Hall–Kier alpha value is -1.20. The van der Waals surface area contributed by atoms with Gasteiger partial charge in [0, 0.05) is 23.5 Å². The summed E-state index contributed by atoms with van der Waals surface area (Å²) in [5, 5.41) is 0.701. The Morgan fingerprint density at radius 1 is 1.29 bits per heavy atom. The van der Waals surface area contributed by atoms with E-state index < -0.39 is 0 Å². The van der Waals surface area contributed by atoms with Crippen LogP contribution >= 0.6 is 27.5 Å². The summed E-state index contributed by atoms with van der Waals surface area (Å²) in [6.07, 6.45) is 0. The maximum Gasteiger partial charge on any atom is 0.261 e. The minimum Gasteiger partial charge on any atom is -0.288 e. The summed E-state index contributed by atoms with van der Waals surface area (Å²) in [7, 11) is 0. The number of ketones is 1. The molecule has 1 heterocycles. The van der Waals surface area contributed by atoms with E-state index in [1.807, 2.05) is 18.2 Å². The van der Waals surface area contributed by atoms with E-state index in [0.717, 1.165) is 0 Å². The van der Waals surface area contributed by atoms with Crippen molar-refractivity contribution in [3.63, 3.8) is 0 Å². The number of hydrogen-bond acceptors (Lipinski definition) is 3. The van der Waals surface area contributed by atoms with Gasteiger partial charge in [-0.15, -0.1) is 0 Å². The molecule has 17 heavy (non-hydrogen) atoms. The highest BCUT2D eigenvalue weighted by Crippen LogP contribution is 2.13. The van der Waals surface area contributed by atoms with Gasteiger partial charge in [-0.25, -0.2) is 0 Å². The van der Waals surface area contributed by atoms with Crippen LogP contribution in [0, 0.1) is 0 Å². The smallest absolute Gasteiger partial charge is 0.261 e. The van der Waals surface area contributed by atoms with Crippen LogP contribution in [0.1, 0.15) is 15.2 Å². The molecule has 0 fully saturated rings. The van der Waals surface area contributed by atoms with Gasteiger partial charge in [-0.3, -0.25) is 13.5 Å². The van der Waals surface area contributed by atoms with Crippen molar-refractivity contribution < 1.29 is 4.79 Å². The Labute approximate surface area is 111 Å². The van der Waals surface area contributed by atoms with Gasteiger partial charge in [0.2, 0.25) is 5.78 Å². The maximum absolute atomic E-state index is 12.1. The number of aromatic nitrogens is 1. The third-order valence-corrected chi connectivity index (χ3v) is 3.69. The molecule has 0 amide bonds. The molecule has 0 aliphatic heterocycles. The van der Waals surface area contributed by atoms with Crippen molar-refractivity contribution >= 4 is 33.2 Å². The van der Waals surface area contributed by atoms with Crippen molar-refractivity contribution in [1.29, 1.82) is 0 Å². The van der Waals surface area contributed by atoms with Gasteiger partial charge in [0.15, 0.2) is 0 Å². The van der Waals surface area contributed by atoms with E-state index in [4.69, 9.17) is 0 Å². The van der Waals surface area contributed by atoms with E-state index in [1.165, 1.54) is 17.6 Å². The molecule has 0 atom stereocenters. The summed E-state index contributed by atoms with van der Waals surface area (Å²) in [4.78, 5) is 24.1. The molecule has 3 nitrogen and oxygen atoms in total. The Morgan fingerprint density at radius 3 is 2.65 bits per heavy atom. The fourth-order valence-electron chi connectivity index (χ4n) is 1.45. The lowest BCUT2D eigenvalue weighted by Gasteiger charge is -1.96. The second-order valence-corrected chi connectivity index (χ2v) is 5.28. The predicted octanol–water partition coefficient (Wildman–Crippen LogP) is 2.54. The number of carbonyl (C=O) groups is 1. The second-order valence-electron chi connectivity index (χ2n) is 3.42. The number of nitrogens with zero attached hydrogens (tertiary/aromatic N) is 1. The summed E-state index contributed by atoms with van der Waals surface area (Å²) in [5.74, 6) is -0.0963. The number of benzene rings is 1. The zero-order chi connectivity index (χ0) is 12.3. The molecule has 0 saturated heterocycles. The molecular weight excluding hydrogens is 302 g/mol. The summed E-state index contributed by atoms with van der Waals surface area (Å²) in [6.45, 7) is 0.589.